The third kappa shape index (κ3) is 1.92. The Morgan fingerprint density at radius 3 is 1.62 bits per heavy atom. The van der Waals surface area contributed by atoms with E-state index < -0.39 is 0 Å². The quantitative estimate of drug-likeness (QED) is 0.336. The lowest BCUT2D eigenvalue weighted by Gasteiger charge is -2.11. The zero-order valence-corrected chi connectivity index (χ0v) is 13.1. The van der Waals surface area contributed by atoms with Crippen LogP contribution in [0, 0.1) is 0 Å². The summed E-state index contributed by atoms with van der Waals surface area (Å²) in [4.78, 5) is 4.25. The molecule has 112 valence electrons. The average molecular weight is 305 g/mol. The molecule has 24 heavy (non-hydrogen) atoms. The summed E-state index contributed by atoms with van der Waals surface area (Å²) in [6.45, 7) is 0. The molecule has 1 heteroatoms. The lowest BCUT2D eigenvalue weighted by molar-refractivity contribution is 1.33. The lowest BCUT2D eigenvalue weighted by atomic mass is 9.92. The van der Waals surface area contributed by atoms with Crippen LogP contribution >= 0.6 is 0 Å². The number of nitrogens with zero attached hydrogens (tertiary/aromatic N) is 1. The van der Waals surface area contributed by atoms with E-state index in [1.807, 2.05) is 18.5 Å². The Kier molecular flexibility index (Phi) is 2.86. The summed E-state index contributed by atoms with van der Waals surface area (Å²) >= 11 is 0. The van der Waals surface area contributed by atoms with Gasteiger partial charge in [-0.25, -0.2) is 0 Å². The van der Waals surface area contributed by atoms with E-state index in [0.29, 0.717) is 0 Å². The van der Waals surface area contributed by atoms with Gasteiger partial charge < -0.3 is 0 Å². The largest absolute Gasteiger partial charge is 0.264 e. The van der Waals surface area contributed by atoms with Gasteiger partial charge in [0.05, 0.1) is 0 Å². The molecule has 4 aromatic carbocycles. The number of fused-ring (bicyclic) bond motifs is 6. The van der Waals surface area contributed by atoms with Gasteiger partial charge in [0, 0.05) is 18.0 Å². The molecule has 1 nitrogen and oxygen atoms in total. The highest BCUT2D eigenvalue weighted by molar-refractivity contribution is 6.25. The molecule has 0 unspecified atom stereocenters. The van der Waals surface area contributed by atoms with E-state index in [1.54, 1.807) is 0 Å². The van der Waals surface area contributed by atoms with Crippen LogP contribution in [0.15, 0.2) is 91.3 Å². The van der Waals surface area contributed by atoms with Crippen LogP contribution in [-0.4, -0.2) is 4.98 Å². The van der Waals surface area contributed by atoms with E-state index in [9.17, 15) is 0 Å². The molecule has 0 fully saturated rings. The molecule has 0 aliphatic rings. The van der Waals surface area contributed by atoms with Crippen molar-refractivity contribution in [1.29, 1.82) is 0 Å². The summed E-state index contributed by atoms with van der Waals surface area (Å²) in [5, 5.41) is 7.84. The monoisotopic (exact) mass is 305 g/mol. The van der Waals surface area contributed by atoms with Gasteiger partial charge in [-0.1, -0.05) is 66.7 Å². The summed E-state index contributed by atoms with van der Waals surface area (Å²) in [5.74, 6) is 0. The second-order valence-electron chi connectivity index (χ2n) is 6.09. The minimum Gasteiger partial charge on any atom is -0.264 e. The van der Waals surface area contributed by atoms with Crippen LogP contribution < -0.4 is 0 Å². The normalized spacial score (nSPS) is 11.3. The predicted molar refractivity (Wildman–Crippen MR) is 102 cm³/mol. The van der Waals surface area contributed by atoms with E-state index in [2.05, 4.69) is 77.8 Å². The molecule has 0 saturated heterocycles. The molecule has 0 saturated carbocycles. The van der Waals surface area contributed by atoms with Crippen molar-refractivity contribution in [3.8, 4) is 11.1 Å². The fourth-order valence-corrected chi connectivity index (χ4v) is 3.62. The van der Waals surface area contributed by atoms with Gasteiger partial charge >= 0.3 is 0 Å². The molecule has 1 heterocycles. The number of hydrogen-bond donors (Lipinski definition) is 0. The molecule has 0 atom stereocenters. The minimum atomic E-state index is 1.15. The fourth-order valence-electron chi connectivity index (χ4n) is 3.62. The Morgan fingerprint density at radius 2 is 1.04 bits per heavy atom. The Morgan fingerprint density at radius 1 is 0.458 bits per heavy atom. The highest BCUT2D eigenvalue weighted by Gasteiger charge is 2.09. The molecule has 0 aliphatic carbocycles. The van der Waals surface area contributed by atoms with Crippen molar-refractivity contribution in [1.82, 2.24) is 4.98 Å². The summed E-state index contributed by atoms with van der Waals surface area (Å²) in [7, 11) is 0. The van der Waals surface area contributed by atoms with E-state index in [-0.39, 0.29) is 0 Å². The van der Waals surface area contributed by atoms with Crippen LogP contribution in [0.4, 0.5) is 0 Å². The predicted octanol–water partition coefficient (Wildman–Crippen LogP) is 6.21. The van der Waals surface area contributed by atoms with Gasteiger partial charge in [0.15, 0.2) is 0 Å². The molecular weight excluding hydrogens is 290 g/mol. The highest BCUT2D eigenvalue weighted by atomic mass is 14.6. The van der Waals surface area contributed by atoms with E-state index in [0.717, 1.165) is 5.56 Å². The first-order valence-corrected chi connectivity index (χ1v) is 8.15. The lowest BCUT2D eigenvalue weighted by Crippen LogP contribution is -1.85. The van der Waals surface area contributed by atoms with Crippen molar-refractivity contribution in [3.63, 3.8) is 0 Å². The van der Waals surface area contributed by atoms with Crippen molar-refractivity contribution in [2.45, 2.75) is 0 Å². The van der Waals surface area contributed by atoms with Gasteiger partial charge in [-0.3, -0.25) is 4.98 Å². The van der Waals surface area contributed by atoms with Crippen molar-refractivity contribution in [2.75, 3.05) is 0 Å². The maximum absolute atomic E-state index is 4.25. The van der Waals surface area contributed by atoms with Gasteiger partial charge in [0.25, 0.3) is 0 Å². The van der Waals surface area contributed by atoms with Crippen LogP contribution in [0.5, 0.6) is 0 Å². The van der Waals surface area contributed by atoms with Crippen molar-refractivity contribution in [3.05, 3.63) is 91.3 Å². The number of pyridine rings is 1. The van der Waals surface area contributed by atoms with Gasteiger partial charge in [-0.15, -0.1) is 0 Å². The molecule has 0 spiro atoms. The summed E-state index contributed by atoms with van der Waals surface area (Å²) in [6.07, 6.45) is 3.73. The van der Waals surface area contributed by atoms with E-state index in [4.69, 9.17) is 0 Å². The molecule has 5 rings (SSSR count). The van der Waals surface area contributed by atoms with E-state index in [1.165, 1.54) is 37.9 Å². The maximum atomic E-state index is 4.25. The van der Waals surface area contributed by atoms with Crippen LogP contribution in [0.1, 0.15) is 0 Å². The Hall–Kier alpha value is -3.19. The summed E-state index contributed by atoms with van der Waals surface area (Å²) in [6, 6.07) is 28.2. The third-order valence-electron chi connectivity index (χ3n) is 4.74. The number of rotatable bonds is 1. The number of benzene rings is 4. The molecule has 0 radical (unpaired) electrons. The molecule has 0 bridgehead atoms. The summed E-state index contributed by atoms with van der Waals surface area (Å²) < 4.78 is 0. The molecule has 5 aromatic rings. The SMILES string of the molecule is c1cncc(-c2ccc3c4ccccc4c4ccccc4c3c2)c1. The number of aromatic nitrogens is 1. The van der Waals surface area contributed by atoms with Gasteiger partial charge in [-0.05, 0) is 50.0 Å². The third-order valence-corrected chi connectivity index (χ3v) is 4.74. The smallest absolute Gasteiger partial charge is 0.0346 e. The Balaban J connectivity index is 1.96. The van der Waals surface area contributed by atoms with Crippen LogP contribution in [-0.2, 0) is 0 Å². The van der Waals surface area contributed by atoms with Crippen molar-refractivity contribution >= 4 is 32.3 Å². The fraction of sp³-hybridized carbons (Fsp3) is 0. The van der Waals surface area contributed by atoms with Gasteiger partial charge in [0.2, 0.25) is 0 Å². The number of hydrogen-bond acceptors (Lipinski definition) is 1. The van der Waals surface area contributed by atoms with Gasteiger partial charge in [0.1, 0.15) is 0 Å². The van der Waals surface area contributed by atoms with E-state index >= 15 is 0 Å². The maximum Gasteiger partial charge on any atom is 0.0346 e. The molecule has 0 aliphatic heterocycles. The molecule has 0 amide bonds. The zero-order chi connectivity index (χ0) is 15.9. The second-order valence-corrected chi connectivity index (χ2v) is 6.09. The molecular formula is C23H15N. The topological polar surface area (TPSA) is 12.9 Å². The Labute approximate surface area is 140 Å². The first kappa shape index (κ1) is 13.3. The average Bonchev–Trinajstić information content (AvgIpc) is 2.68. The molecule has 0 N–H and O–H groups in total. The zero-order valence-electron chi connectivity index (χ0n) is 13.1. The standard InChI is InChI=1S/C23H15N/c1-2-9-20-18(7-1)19-8-3-4-10-21(19)23-14-16(11-12-22(20)23)17-6-5-13-24-15-17/h1-15H. The summed E-state index contributed by atoms with van der Waals surface area (Å²) in [5.41, 5.74) is 2.35. The van der Waals surface area contributed by atoms with Crippen molar-refractivity contribution in [2.24, 2.45) is 0 Å². The molecule has 1 aromatic heterocycles. The Bertz CT molecular complexity index is 1150. The highest BCUT2D eigenvalue weighted by Crippen LogP contribution is 2.36. The first-order chi connectivity index (χ1) is 11.9. The van der Waals surface area contributed by atoms with Crippen molar-refractivity contribution < 1.29 is 0 Å². The second kappa shape index (κ2) is 5.17. The van der Waals surface area contributed by atoms with Gasteiger partial charge in [-0.2, -0.15) is 0 Å². The van der Waals surface area contributed by atoms with Crippen LogP contribution in [0.2, 0.25) is 0 Å². The van der Waals surface area contributed by atoms with Crippen LogP contribution in [0.3, 0.4) is 0 Å². The minimum absolute atomic E-state index is 1.15. The first-order valence-electron chi connectivity index (χ1n) is 8.15. The van der Waals surface area contributed by atoms with Crippen LogP contribution in [0.25, 0.3) is 43.4 Å².